The molecule has 3 N–H and O–H groups in total. The molecule has 5 rings (SSSR count). The molecule has 41 heavy (non-hydrogen) atoms. The fraction of sp³-hybridized carbons (Fsp3) is 0.414. The Morgan fingerprint density at radius 2 is 1.95 bits per heavy atom. The number of nitrogens with one attached hydrogen (secondary N) is 2. The molecule has 2 aromatic heterocycles. The number of rotatable bonds is 8. The highest BCUT2D eigenvalue weighted by Crippen LogP contribution is 2.32. The van der Waals surface area contributed by atoms with E-state index in [1.54, 1.807) is 13.0 Å². The van der Waals surface area contributed by atoms with E-state index in [9.17, 15) is 19.1 Å². The molecule has 4 heterocycles. The van der Waals surface area contributed by atoms with E-state index in [2.05, 4.69) is 25.6 Å². The van der Waals surface area contributed by atoms with Gasteiger partial charge in [0.15, 0.2) is 0 Å². The number of aliphatic hydroxyl groups is 1. The van der Waals surface area contributed by atoms with Gasteiger partial charge in [-0.2, -0.15) is 0 Å². The zero-order valence-corrected chi connectivity index (χ0v) is 23.8. The molecule has 0 unspecified atom stereocenters. The van der Waals surface area contributed by atoms with Crippen molar-refractivity contribution in [3.8, 4) is 11.3 Å². The molecule has 1 aromatic carbocycles. The molecule has 1 saturated heterocycles. The molecule has 0 bridgehead atoms. The molecular weight excluding hydrogens is 551 g/mol. The number of fused-ring (bicyclic) bond motifs is 1. The Labute approximate surface area is 242 Å². The van der Waals surface area contributed by atoms with Crippen LogP contribution in [-0.2, 0) is 16.1 Å². The second kappa shape index (κ2) is 12.1. The van der Waals surface area contributed by atoms with Crippen LogP contribution in [0.4, 0.5) is 10.3 Å². The monoisotopic (exact) mass is 582 g/mol. The smallest absolute Gasteiger partial charge is 0.255 e. The first kappa shape index (κ1) is 28.8. The van der Waals surface area contributed by atoms with Crippen molar-refractivity contribution in [1.82, 2.24) is 25.2 Å². The van der Waals surface area contributed by atoms with Gasteiger partial charge in [0.25, 0.3) is 5.91 Å². The molecule has 0 radical (unpaired) electrons. The summed E-state index contributed by atoms with van der Waals surface area (Å²) in [5.41, 5.74) is 2.87. The van der Waals surface area contributed by atoms with Crippen molar-refractivity contribution in [2.45, 2.75) is 64.4 Å². The van der Waals surface area contributed by atoms with Gasteiger partial charge in [0.05, 0.1) is 40.4 Å². The summed E-state index contributed by atoms with van der Waals surface area (Å²) >= 11 is 6.46. The number of aromatic nitrogens is 3. The van der Waals surface area contributed by atoms with Crippen LogP contribution in [0.3, 0.4) is 0 Å². The van der Waals surface area contributed by atoms with Gasteiger partial charge in [0.2, 0.25) is 11.9 Å². The maximum atomic E-state index is 13.7. The Hall–Kier alpha value is -3.67. The number of aryl methyl sites for hydroxylation is 1. The van der Waals surface area contributed by atoms with Gasteiger partial charge in [-0.3, -0.25) is 14.6 Å². The van der Waals surface area contributed by atoms with Crippen LogP contribution in [0.15, 0.2) is 36.5 Å². The van der Waals surface area contributed by atoms with Crippen LogP contribution in [0, 0.1) is 12.7 Å². The number of carbonyl (C=O) groups excluding carboxylic acids is 2. The minimum Gasteiger partial charge on any atom is -0.391 e. The van der Waals surface area contributed by atoms with Gasteiger partial charge in [-0.05, 0) is 57.4 Å². The molecule has 2 aliphatic heterocycles. The lowest BCUT2D eigenvalue weighted by molar-refractivity contribution is -0.126. The number of hydrogen-bond donors (Lipinski definition) is 3. The summed E-state index contributed by atoms with van der Waals surface area (Å²) in [5, 5.41) is 16.8. The van der Waals surface area contributed by atoms with Crippen LogP contribution >= 0.6 is 11.6 Å². The van der Waals surface area contributed by atoms with Crippen molar-refractivity contribution in [3.63, 3.8) is 0 Å². The fourth-order valence-corrected chi connectivity index (χ4v) is 5.24. The highest BCUT2D eigenvalue weighted by atomic mass is 35.5. The predicted octanol–water partition coefficient (Wildman–Crippen LogP) is 3.81. The molecule has 12 heteroatoms. The van der Waals surface area contributed by atoms with Crippen LogP contribution in [-0.4, -0.2) is 68.2 Å². The van der Waals surface area contributed by atoms with Gasteiger partial charge in [-0.15, -0.1) is 0 Å². The first-order chi connectivity index (χ1) is 19.6. The molecule has 3 atom stereocenters. The minimum absolute atomic E-state index is 0.159. The number of amides is 2. The molecule has 0 saturated carbocycles. The summed E-state index contributed by atoms with van der Waals surface area (Å²) in [4.78, 5) is 41.3. The van der Waals surface area contributed by atoms with Gasteiger partial charge in [-0.1, -0.05) is 23.7 Å². The topological polar surface area (TPSA) is 130 Å². The number of pyridine rings is 1. The third kappa shape index (κ3) is 6.17. The van der Waals surface area contributed by atoms with E-state index in [4.69, 9.17) is 16.3 Å². The highest BCUT2D eigenvalue weighted by Gasteiger charge is 2.35. The molecule has 3 aromatic rings. The Morgan fingerprint density at radius 1 is 1.20 bits per heavy atom. The second-order valence-electron chi connectivity index (χ2n) is 10.4. The number of anilines is 1. The van der Waals surface area contributed by atoms with E-state index in [-0.39, 0.29) is 24.2 Å². The van der Waals surface area contributed by atoms with Crippen LogP contribution < -0.4 is 10.6 Å². The third-order valence-electron chi connectivity index (χ3n) is 7.50. The standard InChI is InChI=1S/C29H32ClFN6O4/c1-15-23(31)6-7-24(33-15)25(17(3)38)35-27(39)16(2)37-14-19-5-4-18(12-21(19)28(37)40)26-22(30)13-32-29(36-26)34-20-8-10-41-11-9-20/h4-7,12-13,16-17,20,25,38H,8-11,14H2,1-3H3,(H,35,39)(H,32,34,36)/t16-,17+,25-/m1/s1. The average molecular weight is 583 g/mol. The molecule has 216 valence electrons. The van der Waals surface area contributed by atoms with Crippen LogP contribution in [0.5, 0.6) is 0 Å². The lowest BCUT2D eigenvalue weighted by Crippen LogP contribution is -2.48. The Bertz CT molecular complexity index is 1470. The van der Waals surface area contributed by atoms with Gasteiger partial charge in [-0.25, -0.2) is 14.4 Å². The quantitative estimate of drug-likeness (QED) is 0.366. The van der Waals surface area contributed by atoms with Crippen LogP contribution in [0.2, 0.25) is 5.02 Å². The molecule has 2 aliphatic rings. The van der Waals surface area contributed by atoms with Crippen molar-refractivity contribution >= 4 is 29.4 Å². The number of nitrogens with zero attached hydrogens (tertiary/aromatic N) is 4. The SMILES string of the molecule is Cc1nc([C@H](NC(=O)[C@@H](C)N2Cc3ccc(-c4nc(NC5CCOCC5)ncc4Cl)cc3C2=O)[C@H](C)O)ccc1F. The number of carbonyl (C=O) groups is 2. The second-order valence-corrected chi connectivity index (χ2v) is 10.8. The maximum Gasteiger partial charge on any atom is 0.255 e. The normalized spacial score (nSPS) is 17.6. The van der Waals surface area contributed by atoms with Crippen molar-refractivity contribution in [2.24, 2.45) is 0 Å². The maximum absolute atomic E-state index is 13.7. The van der Waals surface area contributed by atoms with Crippen molar-refractivity contribution < 1.29 is 23.8 Å². The Kier molecular flexibility index (Phi) is 8.48. The number of hydrogen-bond acceptors (Lipinski definition) is 8. The zero-order valence-electron chi connectivity index (χ0n) is 23.0. The lowest BCUT2D eigenvalue weighted by atomic mass is 10.0. The zero-order chi connectivity index (χ0) is 29.3. The molecular formula is C29H32ClFN6O4. The molecule has 10 nitrogen and oxygen atoms in total. The molecule has 0 spiro atoms. The fourth-order valence-electron chi connectivity index (χ4n) is 5.04. The molecule has 0 aliphatic carbocycles. The number of benzene rings is 1. The summed E-state index contributed by atoms with van der Waals surface area (Å²) in [7, 11) is 0. The van der Waals surface area contributed by atoms with E-state index in [0.717, 1.165) is 18.4 Å². The Morgan fingerprint density at radius 3 is 2.66 bits per heavy atom. The summed E-state index contributed by atoms with van der Waals surface area (Å²) < 4.78 is 19.1. The van der Waals surface area contributed by atoms with Crippen LogP contribution in [0.1, 0.15) is 60.0 Å². The number of ether oxygens (including phenoxy) is 1. The van der Waals surface area contributed by atoms with Gasteiger partial charge < -0.3 is 25.4 Å². The largest absolute Gasteiger partial charge is 0.391 e. The highest BCUT2D eigenvalue weighted by molar-refractivity contribution is 6.33. The molecule has 2 amide bonds. The van der Waals surface area contributed by atoms with E-state index in [0.29, 0.717) is 46.7 Å². The van der Waals surface area contributed by atoms with Gasteiger partial charge in [0.1, 0.15) is 11.9 Å². The van der Waals surface area contributed by atoms with Gasteiger partial charge >= 0.3 is 0 Å². The van der Waals surface area contributed by atoms with Crippen molar-refractivity contribution in [1.29, 1.82) is 0 Å². The van der Waals surface area contributed by atoms with Crippen molar-refractivity contribution in [2.75, 3.05) is 18.5 Å². The first-order valence-electron chi connectivity index (χ1n) is 13.5. The number of halogens is 2. The molecule has 1 fully saturated rings. The minimum atomic E-state index is -0.999. The van der Waals surface area contributed by atoms with E-state index < -0.39 is 29.9 Å². The number of aliphatic hydroxyl groups excluding tert-OH is 1. The summed E-state index contributed by atoms with van der Waals surface area (Å²) in [6, 6.07) is 6.56. The predicted molar refractivity (Wildman–Crippen MR) is 151 cm³/mol. The third-order valence-corrected chi connectivity index (χ3v) is 7.78. The van der Waals surface area contributed by atoms with E-state index >= 15 is 0 Å². The van der Waals surface area contributed by atoms with Crippen molar-refractivity contribution in [3.05, 3.63) is 69.9 Å². The first-order valence-corrected chi connectivity index (χ1v) is 13.9. The lowest BCUT2D eigenvalue weighted by Gasteiger charge is -2.27. The summed E-state index contributed by atoms with van der Waals surface area (Å²) in [6.07, 6.45) is 2.25. The van der Waals surface area contributed by atoms with E-state index in [1.165, 1.54) is 37.1 Å². The van der Waals surface area contributed by atoms with E-state index in [1.807, 2.05) is 12.1 Å². The Balaban J connectivity index is 1.32. The van der Waals surface area contributed by atoms with Crippen LogP contribution in [0.25, 0.3) is 11.3 Å². The summed E-state index contributed by atoms with van der Waals surface area (Å²) in [6.45, 7) is 6.25. The summed E-state index contributed by atoms with van der Waals surface area (Å²) in [5.74, 6) is -0.801. The van der Waals surface area contributed by atoms with Gasteiger partial charge in [0, 0.05) is 36.9 Å². The average Bonchev–Trinajstić information content (AvgIpc) is 3.29.